The van der Waals surface area contributed by atoms with Crippen LogP contribution in [0.15, 0.2) is 60.8 Å². The van der Waals surface area contributed by atoms with E-state index in [0.29, 0.717) is 41.1 Å². The maximum Gasteiger partial charge on any atom is 0.251 e. The predicted octanol–water partition coefficient (Wildman–Crippen LogP) is 3.11. The molecule has 0 aliphatic heterocycles. The molecule has 1 amide bonds. The second-order valence-electron chi connectivity index (χ2n) is 5.33. The van der Waals surface area contributed by atoms with Gasteiger partial charge in [0, 0.05) is 29.9 Å². The summed E-state index contributed by atoms with van der Waals surface area (Å²) < 4.78 is 0. The topological polar surface area (TPSA) is 91.8 Å². The van der Waals surface area contributed by atoms with Crippen LogP contribution in [0.2, 0.25) is 5.02 Å². The van der Waals surface area contributed by atoms with E-state index in [9.17, 15) is 4.79 Å². The Morgan fingerprint density at radius 1 is 0.885 bits per heavy atom. The molecule has 3 N–H and O–H groups in total. The number of carbonyl (C=O) groups excluding carboxylic acids is 1. The quantitative estimate of drug-likeness (QED) is 0.555. The summed E-state index contributed by atoms with van der Waals surface area (Å²) in [6, 6.07) is 15.9. The third-order valence-electron chi connectivity index (χ3n) is 3.41. The number of carbonyl (C=O) groups is 1. The lowest BCUT2D eigenvalue weighted by Gasteiger charge is -2.08. The lowest BCUT2D eigenvalue weighted by Crippen LogP contribution is -2.28. The highest BCUT2D eigenvalue weighted by Crippen LogP contribution is 2.11. The zero-order chi connectivity index (χ0) is 18.2. The number of hydrogen-bond acceptors (Lipinski definition) is 6. The maximum absolute atomic E-state index is 12.0. The van der Waals surface area contributed by atoms with Gasteiger partial charge in [-0.15, -0.1) is 10.2 Å². The van der Waals surface area contributed by atoms with E-state index in [0.717, 1.165) is 0 Å². The summed E-state index contributed by atoms with van der Waals surface area (Å²) in [5.74, 6) is 1.78. The lowest BCUT2D eigenvalue weighted by atomic mass is 10.2. The van der Waals surface area contributed by atoms with Crippen LogP contribution in [0.25, 0.3) is 0 Å². The third-order valence-corrected chi connectivity index (χ3v) is 3.66. The minimum absolute atomic E-state index is 0.149. The second-order valence-corrected chi connectivity index (χ2v) is 5.77. The molecule has 1 aromatic carbocycles. The molecule has 0 spiro atoms. The minimum atomic E-state index is -0.149. The molecule has 3 aromatic rings. The second kappa shape index (κ2) is 8.77. The molecule has 0 saturated carbocycles. The molecule has 132 valence electrons. The Bertz CT molecular complexity index is 840. The van der Waals surface area contributed by atoms with E-state index in [1.54, 1.807) is 42.6 Å². The zero-order valence-electron chi connectivity index (χ0n) is 13.8. The molecule has 2 heterocycles. The Kier molecular flexibility index (Phi) is 5.95. The first kappa shape index (κ1) is 17.6. The first-order valence-electron chi connectivity index (χ1n) is 8.00. The Balaban J connectivity index is 1.42. The number of aromatic nitrogens is 3. The average molecular weight is 369 g/mol. The number of pyridine rings is 1. The molecule has 8 heteroatoms. The molecule has 0 saturated heterocycles. The van der Waals surface area contributed by atoms with E-state index in [2.05, 4.69) is 31.1 Å². The SMILES string of the molecule is O=C(NCCNc1ccc(Nc2ccccn2)nn1)c1ccc(Cl)cc1. The van der Waals surface area contributed by atoms with Crippen molar-refractivity contribution in [1.82, 2.24) is 20.5 Å². The van der Waals surface area contributed by atoms with Crippen LogP contribution in [0.4, 0.5) is 17.5 Å². The molecule has 0 aliphatic carbocycles. The summed E-state index contributed by atoms with van der Waals surface area (Å²) in [4.78, 5) is 16.1. The van der Waals surface area contributed by atoms with E-state index >= 15 is 0 Å². The van der Waals surface area contributed by atoms with Crippen molar-refractivity contribution in [3.63, 3.8) is 0 Å². The summed E-state index contributed by atoms with van der Waals surface area (Å²) in [6.07, 6.45) is 1.70. The van der Waals surface area contributed by atoms with Gasteiger partial charge in [-0.2, -0.15) is 0 Å². The molecular formula is C18H17ClN6O. The zero-order valence-corrected chi connectivity index (χ0v) is 14.6. The van der Waals surface area contributed by atoms with E-state index < -0.39 is 0 Å². The molecule has 0 bridgehead atoms. The standard InChI is InChI=1S/C18H17ClN6O/c19-14-6-4-13(5-7-14)18(26)22-12-11-21-16-8-9-17(25-24-16)23-15-3-1-2-10-20-15/h1-10H,11-12H2,(H,21,24)(H,22,26)(H,20,23,25). The van der Waals surface area contributed by atoms with Gasteiger partial charge in [-0.3, -0.25) is 4.79 Å². The Morgan fingerprint density at radius 2 is 1.65 bits per heavy atom. The van der Waals surface area contributed by atoms with Crippen LogP contribution in [0.3, 0.4) is 0 Å². The van der Waals surface area contributed by atoms with Crippen molar-refractivity contribution in [3.8, 4) is 0 Å². The van der Waals surface area contributed by atoms with Crippen LogP contribution in [-0.4, -0.2) is 34.2 Å². The summed E-state index contributed by atoms with van der Waals surface area (Å²) in [5, 5.41) is 17.7. The van der Waals surface area contributed by atoms with Crippen molar-refractivity contribution in [1.29, 1.82) is 0 Å². The molecule has 0 aliphatic rings. The number of amides is 1. The van der Waals surface area contributed by atoms with Crippen molar-refractivity contribution < 1.29 is 4.79 Å². The molecule has 0 unspecified atom stereocenters. The minimum Gasteiger partial charge on any atom is -0.367 e. The Hall–Kier alpha value is -3.19. The highest BCUT2D eigenvalue weighted by Gasteiger charge is 2.04. The van der Waals surface area contributed by atoms with Gasteiger partial charge < -0.3 is 16.0 Å². The monoisotopic (exact) mass is 368 g/mol. The number of anilines is 3. The van der Waals surface area contributed by atoms with Crippen LogP contribution in [0.1, 0.15) is 10.4 Å². The molecular weight excluding hydrogens is 352 g/mol. The van der Waals surface area contributed by atoms with E-state index in [4.69, 9.17) is 11.6 Å². The fourth-order valence-electron chi connectivity index (χ4n) is 2.13. The predicted molar refractivity (Wildman–Crippen MR) is 102 cm³/mol. The highest BCUT2D eigenvalue weighted by atomic mass is 35.5. The Morgan fingerprint density at radius 3 is 2.35 bits per heavy atom. The van der Waals surface area contributed by atoms with Crippen molar-refractivity contribution in [2.24, 2.45) is 0 Å². The van der Waals surface area contributed by atoms with Gasteiger partial charge in [-0.05, 0) is 48.5 Å². The molecule has 0 fully saturated rings. The highest BCUT2D eigenvalue weighted by molar-refractivity contribution is 6.30. The smallest absolute Gasteiger partial charge is 0.251 e. The van der Waals surface area contributed by atoms with Crippen molar-refractivity contribution >= 4 is 35.0 Å². The fourth-order valence-corrected chi connectivity index (χ4v) is 2.26. The van der Waals surface area contributed by atoms with Crippen LogP contribution in [0, 0.1) is 0 Å². The van der Waals surface area contributed by atoms with Gasteiger partial charge in [0.2, 0.25) is 0 Å². The van der Waals surface area contributed by atoms with Gasteiger partial charge in [0.1, 0.15) is 11.6 Å². The molecule has 2 aromatic heterocycles. The molecule has 0 atom stereocenters. The van der Waals surface area contributed by atoms with Gasteiger partial charge in [0.05, 0.1) is 0 Å². The normalized spacial score (nSPS) is 10.2. The Labute approximate surface area is 155 Å². The van der Waals surface area contributed by atoms with Crippen LogP contribution in [0.5, 0.6) is 0 Å². The van der Waals surface area contributed by atoms with Crippen LogP contribution < -0.4 is 16.0 Å². The maximum atomic E-state index is 12.0. The number of nitrogens with one attached hydrogen (secondary N) is 3. The number of rotatable bonds is 7. The van der Waals surface area contributed by atoms with Crippen LogP contribution >= 0.6 is 11.6 Å². The largest absolute Gasteiger partial charge is 0.367 e. The average Bonchev–Trinajstić information content (AvgIpc) is 2.68. The van der Waals surface area contributed by atoms with Crippen molar-refractivity contribution in [3.05, 3.63) is 71.4 Å². The van der Waals surface area contributed by atoms with Crippen LogP contribution in [-0.2, 0) is 0 Å². The van der Waals surface area contributed by atoms with Gasteiger partial charge in [0.15, 0.2) is 5.82 Å². The fraction of sp³-hybridized carbons (Fsp3) is 0.111. The van der Waals surface area contributed by atoms with Crippen molar-refractivity contribution in [2.45, 2.75) is 0 Å². The number of benzene rings is 1. The summed E-state index contributed by atoms with van der Waals surface area (Å²) in [6.45, 7) is 0.984. The van der Waals surface area contributed by atoms with Crippen molar-refractivity contribution in [2.75, 3.05) is 23.7 Å². The first-order chi connectivity index (χ1) is 12.7. The molecule has 7 nitrogen and oxygen atoms in total. The molecule has 3 rings (SSSR count). The van der Waals surface area contributed by atoms with Gasteiger partial charge in [-0.25, -0.2) is 4.98 Å². The lowest BCUT2D eigenvalue weighted by molar-refractivity contribution is 0.0955. The van der Waals surface area contributed by atoms with E-state index in [1.165, 1.54) is 0 Å². The van der Waals surface area contributed by atoms with E-state index in [-0.39, 0.29) is 5.91 Å². The molecule has 26 heavy (non-hydrogen) atoms. The third kappa shape index (κ3) is 5.15. The summed E-state index contributed by atoms with van der Waals surface area (Å²) >= 11 is 5.80. The van der Waals surface area contributed by atoms with Gasteiger partial charge >= 0.3 is 0 Å². The van der Waals surface area contributed by atoms with Gasteiger partial charge in [-0.1, -0.05) is 17.7 Å². The number of halogens is 1. The molecule has 0 radical (unpaired) electrons. The van der Waals surface area contributed by atoms with E-state index in [1.807, 2.05) is 18.2 Å². The number of hydrogen-bond donors (Lipinski definition) is 3. The first-order valence-corrected chi connectivity index (χ1v) is 8.38. The number of nitrogens with zero attached hydrogens (tertiary/aromatic N) is 3. The van der Waals surface area contributed by atoms with Gasteiger partial charge in [0.25, 0.3) is 5.91 Å². The summed E-state index contributed by atoms with van der Waals surface area (Å²) in [5.41, 5.74) is 0.569. The summed E-state index contributed by atoms with van der Waals surface area (Å²) in [7, 11) is 0.